The Kier molecular flexibility index (Phi) is 4.11. The maximum absolute atomic E-state index is 14.1. The first-order valence-electron chi connectivity index (χ1n) is 8.39. The second-order valence-electron chi connectivity index (χ2n) is 6.42. The van der Waals surface area contributed by atoms with Crippen molar-refractivity contribution in [3.8, 4) is 22.6 Å². The average molecular weight is 382 g/mol. The smallest absolute Gasteiger partial charge is 0.276 e. The number of hydrogen-bond acceptors (Lipinski definition) is 4. The van der Waals surface area contributed by atoms with Gasteiger partial charge in [0.15, 0.2) is 11.6 Å². The molecule has 0 unspecified atom stereocenters. The molecule has 2 aromatic carbocycles. The molecule has 4 rings (SSSR count). The molecule has 0 fully saturated rings. The van der Waals surface area contributed by atoms with Crippen molar-refractivity contribution in [2.75, 3.05) is 5.73 Å². The normalized spacial score (nSPS) is 11.1. The van der Waals surface area contributed by atoms with Gasteiger partial charge in [-0.15, -0.1) is 0 Å². The molecule has 0 aliphatic rings. The highest BCUT2D eigenvalue weighted by Gasteiger charge is 2.18. The summed E-state index contributed by atoms with van der Waals surface area (Å²) in [7, 11) is 3.31. The standard InChI is InChI=1S/C20H16F2N4O2/c1-25-10-15(14-9-24-26(2)19(14)20(25)27)13-8-12(23)4-6-17(13)28-18-5-3-11(21)7-16(18)22/h3-10H,23H2,1-2H3. The quantitative estimate of drug-likeness (QED) is 0.550. The van der Waals surface area contributed by atoms with E-state index < -0.39 is 11.6 Å². The number of pyridine rings is 1. The third-order valence-electron chi connectivity index (χ3n) is 4.48. The Morgan fingerprint density at radius 2 is 1.79 bits per heavy atom. The van der Waals surface area contributed by atoms with Crippen LogP contribution in [0.1, 0.15) is 0 Å². The molecule has 142 valence electrons. The van der Waals surface area contributed by atoms with Gasteiger partial charge in [0.2, 0.25) is 0 Å². The Labute approximate surface area is 158 Å². The number of aryl methyl sites for hydroxylation is 2. The molecule has 0 bridgehead atoms. The molecular formula is C20H16F2N4O2. The molecule has 0 amide bonds. The molecule has 2 heterocycles. The minimum atomic E-state index is -0.824. The SMILES string of the molecule is Cn1cc(-c2cc(N)ccc2Oc2ccc(F)cc2F)c2cnn(C)c2c1=O. The zero-order chi connectivity index (χ0) is 20.0. The average Bonchev–Trinajstić information content (AvgIpc) is 3.04. The van der Waals surface area contributed by atoms with Crippen molar-refractivity contribution in [2.45, 2.75) is 0 Å². The highest BCUT2D eigenvalue weighted by molar-refractivity contribution is 5.96. The molecule has 2 aromatic heterocycles. The minimum absolute atomic E-state index is 0.125. The summed E-state index contributed by atoms with van der Waals surface area (Å²) < 4.78 is 35.9. The molecular weight excluding hydrogens is 366 g/mol. The van der Waals surface area contributed by atoms with E-state index in [2.05, 4.69) is 5.10 Å². The van der Waals surface area contributed by atoms with Gasteiger partial charge in [0.05, 0.1) is 6.20 Å². The Balaban J connectivity index is 1.94. The van der Waals surface area contributed by atoms with Gasteiger partial charge in [-0.05, 0) is 30.3 Å². The monoisotopic (exact) mass is 382 g/mol. The van der Waals surface area contributed by atoms with Crippen LogP contribution < -0.4 is 16.0 Å². The number of ether oxygens (including phenoxy) is 1. The van der Waals surface area contributed by atoms with Crippen LogP contribution in [0.25, 0.3) is 22.0 Å². The second-order valence-corrected chi connectivity index (χ2v) is 6.42. The molecule has 4 aromatic rings. The van der Waals surface area contributed by atoms with Gasteiger partial charge in [-0.2, -0.15) is 5.10 Å². The van der Waals surface area contributed by atoms with Crippen molar-refractivity contribution in [1.82, 2.24) is 14.3 Å². The number of fused-ring (bicyclic) bond motifs is 1. The van der Waals surface area contributed by atoms with Crippen LogP contribution in [0.4, 0.5) is 14.5 Å². The molecule has 0 saturated carbocycles. The number of hydrogen-bond donors (Lipinski definition) is 1. The van der Waals surface area contributed by atoms with E-state index in [1.54, 1.807) is 44.7 Å². The predicted octanol–water partition coefficient (Wildman–Crippen LogP) is 3.59. The van der Waals surface area contributed by atoms with Crippen molar-refractivity contribution >= 4 is 16.6 Å². The van der Waals surface area contributed by atoms with E-state index >= 15 is 0 Å². The summed E-state index contributed by atoms with van der Waals surface area (Å²) in [5.41, 5.74) is 7.84. The van der Waals surface area contributed by atoms with Crippen molar-refractivity contribution < 1.29 is 13.5 Å². The Morgan fingerprint density at radius 3 is 2.54 bits per heavy atom. The van der Waals surface area contributed by atoms with Gasteiger partial charge in [-0.25, -0.2) is 8.78 Å². The zero-order valence-electron chi connectivity index (χ0n) is 15.1. The number of halogens is 2. The minimum Gasteiger partial charge on any atom is -0.454 e. The molecule has 28 heavy (non-hydrogen) atoms. The molecule has 0 aliphatic carbocycles. The highest BCUT2D eigenvalue weighted by atomic mass is 19.1. The van der Waals surface area contributed by atoms with Crippen molar-refractivity contribution in [2.24, 2.45) is 14.1 Å². The van der Waals surface area contributed by atoms with E-state index in [0.717, 1.165) is 12.1 Å². The summed E-state index contributed by atoms with van der Waals surface area (Å²) in [5, 5.41) is 4.79. The Morgan fingerprint density at radius 1 is 1.04 bits per heavy atom. The number of rotatable bonds is 3. The van der Waals surface area contributed by atoms with Gasteiger partial charge in [0, 0.05) is 48.6 Å². The third kappa shape index (κ3) is 2.88. The summed E-state index contributed by atoms with van der Waals surface area (Å²) in [6.07, 6.45) is 3.23. The van der Waals surface area contributed by atoms with Crippen LogP contribution in [0.3, 0.4) is 0 Å². The molecule has 2 N–H and O–H groups in total. The summed E-state index contributed by atoms with van der Waals surface area (Å²) in [6, 6.07) is 7.95. The maximum atomic E-state index is 14.1. The van der Waals surface area contributed by atoms with Gasteiger partial charge >= 0.3 is 0 Å². The van der Waals surface area contributed by atoms with Crippen LogP contribution in [-0.2, 0) is 14.1 Å². The van der Waals surface area contributed by atoms with Gasteiger partial charge in [-0.1, -0.05) is 0 Å². The largest absolute Gasteiger partial charge is 0.454 e. The number of aromatic nitrogens is 3. The fourth-order valence-corrected chi connectivity index (χ4v) is 3.12. The van der Waals surface area contributed by atoms with E-state index in [-0.39, 0.29) is 11.3 Å². The lowest BCUT2D eigenvalue weighted by Crippen LogP contribution is -2.18. The first-order valence-corrected chi connectivity index (χ1v) is 8.39. The van der Waals surface area contributed by atoms with Crippen LogP contribution in [-0.4, -0.2) is 14.3 Å². The summed E-state index contributed by atoms with van der Waals surface area (Å²) in [4.78, 5) is 12.5. The van der Waals surface area contributed by atoms with Crippen LogP contribution >= 0.6 is 0 Å². The van der Waals surface area contributed by atoms with E-state index in [1.807, 2.05) is 0 Å². The number of benzene rings is 2. The number of nitrogens with two attached hydrogens (primary N) is 1. The molecule has 0 atom stereocenters. The fraction of sp³-hybridized carbons (Fsp3) is 0.100. The zero-order valence-corrected chi connectivity index (χ0v) is 15.1. The lowest BCUT2D eigenvalue weighted by atomic mass is 10.0. The molecule has 0 saturated heterocycles. The summed E-state index contributed by atoms with van der Waals surface area (Å²) in [6.45, 7) is 0. The van der Waals surface area contributed by atoms with Crippen LogP contribution in [0.2, 0.25) is 0 Å². The number of nitrogen functional groups attached to an aromatic ring is 1. The van der Waals surface area contributed by atoms with Crippen LogP contribution in [0, 0.1) is 11.6 Å². The second kappa shape index (κ2) is 6.49. The first-order chi connectivity index (χ1) is 13.3. The van der Waals surface area contributed by atoms with Crippen LogP contribution in [0.5, 0.6) is 11.5 Å². The lowest BCUT2D eigenvalue weighted by molar-refractivity contribution is 0.439. The Hall–Kier alpha value is -3.68. The van der Waals surface area contributed by atoms with Gasteiger partial charge in [0.1, 0.15) is 17.1 Å². The molecule has 0 spiro atoms. The van der Waals surface area contributed by atoms with Gasteiger partial charge < -0.3 is 15.0 Å². The number of nitrogens with zero attached hydrogens (tertiary/aromatic N) is 3. The molecule has 0 radical (unpaired) electrons. The fourth-order valence-electron chi connectivity index (χ4n) is 3.12. The molecule has 0 aliphatic heterocycles. The molecule has 8 heteroatoms. The highest BCUT2D eigenvalue weighted by Crippen LogP contribution is 2.38. The molecule has 6 nitrogen and oxygen atoms in total. The summed E-state index contributed by atoms with van der Waals surface area (Å²) in [5.74, 6) is -1.34. The van der Waals surface area contributed by atoms with Crippen molar-refractivity contribution in [3.05, 3.63) is 70.8 Å². The van der Waals surface area contributed by atoms with Gasteiger partial charge in [-0.3, -0.25) is 9.48 Å². The maximum Gasteiger partial charge on any atom is 0.276 e. The lowest BCUT2D eigenvalue weighted by Gasteiger charge is -2.14. The first kappa shape index (κ1) is 17.7. The van der Waals surface area contributed by atoms with Crippen molar-refractivity contribution in [3.63, 3.8) is 0 Å². The van der Waals surface area contributed by atoms with E-state index in [9.17, 15) is 13.6 Å². The third-order valence-corrected chi connectivity index (χ3v) is 4.48. The van der Waals surface area contributed by atoms with E-state index in [0.29, 0.717) is 33.5 Å². The topological polar surface area (TPSA) is 75.1 Å². The number of anilines is 1. The predicted molar refractivity (Wildman–Crippen MR) is 102 cm³/mol. The van der Waals surface area contributed by atoms with Gasteiger partial charge in [0.25, 0.3) is 5.56 Å². The van der Waals surface area contributed by atoms with E-state index in [4.69, 9.17) is 10.5 Å². The Bertz CT molecular complexity index is 1280. The van der Waals surface area contributed by atoms with Crippen molar-refractivity contribution in [1.29, 1.82) is 0 Å². The van der Waals surface area contributed by atoms with Crippen LogP contribution in [0.15, 0.2) is 53.6 Å². The summed E-state index contributed by atoms with van der Waals surface area (Å²) >= 11 is 0. The van der Waals surface area contributed by atoms with E-state index in [1.165, 1.54) is 15.3 Å².